The lowest BCUT2D eigenvalue weighted by atomic mass is 10.2. The molecule has 1 heterocycles. The second-order valence-corrected chi connectivity index (χ2v) is 8.68. The largest absolute Gasteiger partial charge is 0.316 e. The first-order chi connectivity index (χ1) is 12.6. The lowest BCUT2D eigenvalue weighted by molar-refractivity contribution is -0.117. The summed E-state index contributed by atoms with van der Waals surface area (Å²) in [5.74, 6) is 0.655. The highest BCUT2D eigenvalue weighted by atomic mass is 35.5. The average molecular weight is 405 g/mol. The van der Waals surface area contributed by atoms with Gasteiger partial charge in [0.15, 0.2) is 4.80 Å². The van der Waals surface area contributed by atoms with Crippen molar-refractivity contribution in [2.24, 2.45) is 4.99 Å². The molecule has 0 radical (unpaired) electrons. The van der Waals surface area contributed by atoms with Gasteiger partial charge in [0.25, 0.3) is 0 Å². The number of rotatable bonds is 6. The number of hydrogen-bond acceptors (Lipinski definition) is 3. The first-order valence-corrected chi connectivity index (χ1v) is 10.8. The highest BCUT2D eigenvalue weighted by Crippen LogP contribution is 2.22. The SMILES string of the molecule is CCCn1c(=NC(=O)CCSc2ccc(C)cc2)sc2cc(Cl)ccc21. The molecule has 136 valence electrons. The van der Waals surface area contributed by atoms with Gasteiger partial charge < -0.3 is 4.57 Å². The predicted octanol–water partition coefficient (Wildman–Crippen LogP) is 5.68. The zero-order valence-corrected chi connectivity index (χ0v) is 17.3. The molecule has 1 amide bonds. The van der Waals surface area contributed by atoms with E-state index in [1.807, 2.05) is 18.2 Å². The zero-order chi connectivity index (χ0) is 18.5. The molecule has 0 aliphatic heterocycles. The molecule has 0 spiro atoms. The van der Waals surface area contributed by atoms with Crippen molar-refractivity contribution in [2.45, 2.75) is 38.1 Å². The fraction of sp³-hybridized carbons (Fsp3) is 0.300. The van der Waals surface area contributed by atoms with Gasteiger partial charge in [-0.2, -0.15) is 4.99 Å². The number of amides is 1. The van der Waals surface area contributed by atoms with Gasteiger partial charge in [-0.25, -0.2) is 0 Å². The Bertz CT molecular complexity index is 974. The Kier molecular flexibility index (Phi) is 6.57. The monoisotopic (exact) mass is 404 g/mol. The minimum atomic E-state index is -0.0767. The Morgan fingerprint density at radius 2 is 2.00 bits per heavy atom. The van der Waals surface area contributed by atoms with Crippen LogP contribution in [0.1, 0.15) is 25.3 Å². The smallest absolute Gasteiger partial charge is 0.249 e. The van der Waals surface area contributed by atoms with Gasteiger partial charge in [0.05, 0.1) is 10.2 Å². The van der Waals surface area contributed by atoms with E-state index in [-0.39, 0.29) is 5.91 Å². The van der Waals surface area contributed by atoms with Crippen molar-refractivity contribution in [3.05, 3.63) is 57.9 Å². The number of benzene rings is 2. The molecule has 0 N–H and O–H groups in total. The molecule has 3 nitrogen and oxygen atoms in total. The highest BCUT2D eigenvalue weighted by molar-refractivity contribution is 7.99. The molecule has 0 saturated heterocycles. The second-order valence-electron chi connectivity index (χ2n) is 6.07. The van der Waals surface area contributed by atoms with E-state index in [1.54, 1.807) is 11.8 Å². The van der Waals surface area contributed by atoms with Crippen LogP contribution in [-0.2, 0) is 11.3 Å². The molecular formula is C20H21ClN2OS2. The summed E-state index contributed by atoms with van der Waals surface area (Å²) in [5.41, 5.74) is 2.33. The lowest BCUT2D eigenvalue weighted by Gasteiger charge is -2.03. The van der Waals surface area contributed by atoms with Crippen LogP contribution in [0.5, 0.6) is 0 Å². The van der Waals surface area contributed by atoms with E-state index in [4.69, 9.17) is 11.6 Å². The molecule has 0 bridgehead atoms. The van der Waals surface area contributed by atoms with Gasteiger partial charge in [-0.15, -0.1) is 11.8 Å². The average Bonchev–Trinajstić information content (AvgIpc) is 2.93. The number of thiazole rings is 1. The minimum absolute atomic E-state index is 0.0767. The van der Waals surface area contributed by atoms with Crippen LogP contribution in [-0.4, -0.2) is 16.2 Å². The summed E-state index contributed by atoms with van der Waals surface area (Å²) in [6.45, 7) is 5.03. The van der Waals surface area contributed by atoms with Gasteiger partial charge >= 0.3 is 0 Å². The molecule has 0 atom stereocenters. The maximum atomic E-state index is 12.3. The third-order valence-corrected chi connectivity index (χ3v) is 6.21. The topological polar surface area (TPSA) is 34.4 Å². The molecule has 0 aliphatic carbocycles. The van der Waals surface area contributed by atoms with E-state index in [9.17, 15) is 4.79 Å². The number of aryl methyl sites for hydroxylation is 2. The van der Waals surface area contributed by atoms with E-state index in [0.29, 0.717) is 11.4 Å². The van der Waals surface area contributed by atoms with Gasteiger partial charge in [0, 0.05) is 28.6 Å². The molecule has 3 aromatic rings. The predicted molar refractivity (Wildman–Crippen MR) is 112 cm³/mol. The number of thioether (sulfide) groups is 1. The number of carbonyl (C=O) groups excluding carboxylic acids is 1. The van der Waals surface area contributed by atoms with Gasteiger partial charge in [0.2, 0.25) is 5.91 Å². The molecule has 0 fully saturated rings. The zero-order valence-electron chi connectivity index (χ0n) is 14.9. The first kappa shape index (κ1) is 19.2. The Labute approximate surface area is 166 Å². The summed E-state index contributed by atoms with van der Waals surface area (Å²) < 4.78 is 3.17. The Balaban J connectivity index is 1.74. The molecule has 2 aromatic carbocycles. The number of aromatic nitrogens is 1. The first-order valence-electron chi connectivity index (χ1n) is 8.62. The van der Waals surface area contributed by atoms with Crippen molar-refractivity contribution in [3.63, 3.8) is 0 Å². The standard InChI is InChI=1S/C20H21ClN2OS2/c1-3-11-23-17-9-6-15(21)13-18(17)26-20(23)22-19(24)10-12-25-16-7-4-14(2)5-8-16/h4-9,13H,3,10-12H2,1-2H3. The van der Waals surface area contributed by atoms with Crippen molar-refractivity contribution in [1.82, 2.24) is 4.57 Å². The van der Waals surface area contributed by atoms with E-state index >= 15 is 0 Å². The molecule has 6 heteroatoms. The molecule has 26 heavy (non-hydrogen) atoms. The van der Waals surface area contributed by atoms with Crippen molar-refractivity contribution >= 4 is 50.8 Å². The molecule has 0 aliphatic rings. The summed E-state index contributed by atoms with van der Waals surface area (Å²) in [4.78, 5) is 18.7. The van der Waals surface area contributed by atoms with Crippen LogP contribution < -0.4 is 4.80 Å². The fourth-order valence-electron chi connectivity index (χ4n) is 2.63. The van der Waals surface area contributed by atoms with Gasteiger partial charge in [0.1, 0.15) is 0 Å². The van der Waals surface area contributed by atoms with Crippen LogP contribution in [0.4, 0.5) is 0 Å². The summed E-state index contributed by atoms with van der Waals surface area (Å²) in [7, 11) is 0. The van der Waals surface area contributed by atoms with Crippen LogP contribution >= 0.6 is 34.7 Å². The van der Waals surface area contributed by atoms with Gasteiger partial charge in [-0.05, 0) is 43.7 Å². The summed E-state index contributed by atoms with van der Waals surface area (Å²) in [5, 5.41) is 0.703. The van der Waals surface area contributed by atoms with Crippen molar-refractivity contribution in [1.29, 1.82) is 0 Å². The van der Waals surface area contributed by atoms with Gasteiger partial charge in [-0.1, -0.05) is 47.6 Å². The number of carbonyl (C=O) groups is 1. The summed E-state index contributed by atoms with van der Waals surface area (Å²) in [6, 6.07) is 14.2. The Hall–Kier alpha value is -1.56. The lowest BCUT2D eigenvalue weighted by Crippen LogP contribution is -2.16. The molecule has 0 unspecified atom stereocenters. The van der Waals surface area contributed by atoms with E-state index in [2.05, 4.69) is 47.7 Å². The van der Waals surface area contributed by atoms with Crippen molar-refractivity contribution in [2.75, 3.05) is 5.75 Å². The van der Waals surface area contributed by atoms with E-state index in [1.165, 1.54) is 21.8 Å². The van der Waals surface area contributed by atoms with Crippen LogP contribution in [0, 0.1) is 6.92 Å². The number of fused-ring (bicyclic) bond motifs is 1. The Morgan fingerprint density at radius 1 is 1.23 bits per heavy atom. The molecule has 3 rings (SSSR count). The third kappa shape index (κ3) is 4.78. The van der Waals surface area contributed by atoms with Crippen LogP contribution in [0.25, 0.3) is 10.2 Å². The quantitative estimate of drug-likeness (QED) is 0.495. The normalized spacial score (nSPS) is 12.0. The third-order valence-electron chi connectivity index (χ3n) is 3.92. The number of halogens is 1. The molecule has 0 saturated carbocycles. The number of nitrogens with zero attached hydrogens (tertiary/aromatic N) is 2. The maximum absolute atomic E-state index is 12.3. The van der Waals surface area contributed by atoms with Crippen LogP contribution in [0.2, 0.25) is 5.02 Å². The van der Waals surface area contributed by atoms with Crippen molar-refractivity contribution < 1.29 is 4.79 Å². The van der Waals surface area contributed by atoms with E-state index in [0.717, 1.165) is 33.7 Å². The second kappa shape index (κ2) is 8.89. The molecular weight excluding hydrogens is 384 g/mol. The summed E-state index contributed by atoms with van der Waals surface area (Å²) in [6.07, 6.45) is 1.42. The van der Waals surface area contributed by atoms with E-state index < -0.39 is 0 Å². The fourth-order valence-corrected chi connectivity index (χ4v) is 4.82. The van der Waals surface area contributed by atoms with Crippen LogP contribution in [0.15, 0.2) is 52.4 Å². The van der Waals surface area contributed by atoms with Gasteiger partial charge in [-0.3, -0.25) is 4.79 Å². The molecule has 1 aromatic heterocycles. The minimum Gasteiger partial charge on any atom is -0.316 e. The van der Waals surface area contributed by atoms with Crippen molar-refractivity contribution in [3.8, 4) is 0 Å². The maximum Gasteiger partial charge on any atom is 0.249 e. The highest BCUT2D eigenvalue weighted by Gasteiger charge is 2.08. The van der Waals surface area contributed by atoms with Crippen LogP contribution in [0.3, 0.4) is 0 Å². The Morgan fingerprint density at radius 3 is 2.73 bits per heavy atom. The summed E-state index contributed by atoms with van der Waals surface area (Å²) >= 11 is 9.31. The number of hydrogen-bond donors (Lipinski definition) is 0.